The summed E-state index contributed by atoms with van der Waals surface area (Å²) in [5.41, 5.74) is 6.47. The van der Waals surface area contributed by atoms with Gasteiger partial charge in [-0.15, -0.1) is 0 Å². The summed E-state index contributed by atoms with van der Waals surface area (Å²) >= 11 is 5.66. The van der Waals surface area contributed by atoms with E-state index in [9.17, 15) is 4.39 Å². The number of ether oxygens (including phenoxy) is 1. The van der Waals surface area contributed by atoms with Crippen LogP contribution in [0.4, 0.5) is 4.39 Å². The van der Waals surface area contributed by atoms with Crippen molar-refractivity contribution in [1.29, 1.82) is 0 Å². The Labute approximate surface area is 104 Å². The normalized spacial score (nSPS) is 10.3. The lowest BCUT2D eigenvalue weighted by Gasteiger charge is -2.07. The van der Waals surface area contributed by atoms with Gasteiger partial charge in [0.2, 0.25) is 0 Å². The van der Waals surface area contributed by atoms with Crippen LogP contribution in [-0.4, -0.2) is 0 Å². The van der Waals surface area contributed by atoms with Gasteiger partial charge in [-0.05, 0) is 29.8 Å². The summed E-state index contributed by atoms with van der Waals surface area (Å²) in [5.74, 6) is 0.0958. The van der Waals surface area contributed by atoms with E-state index in [0.717, 1.165) is 5.56 Å². The molecule has 2 rings (SSSR count). The van der Waals surface area contributed by atoms with Gasteiger partial charge < -0.3 is 10.5 Å². The third kappa shape index (κ3) is 2.75. The molecule has 0 aliphatic rings. The van der Waals surface area contributed by atoms with Gasteiger partial charge in [0.25, 0.3) is 0 Å². The zero-order chi connectivity index (χ0) is 12.3. The quantitative estimate of drug-likeness (QED) is 0.902. The van der Waals surface area contributed by atoms with Crippen molar-refractivity contribution in [2.45, 2.75) is 6.54 Å². The Morgan fingerprint density at radius 1 is 1.12 bits per heavy atom. The fraction of sp³-hybridized carbons (Fsp3) is 0.0769. The maximum atomic E-state index is 13.6. The second-order valence-corrected chi connectivity index (χ2v) is 3.91. The molecule has 0 saturated heterocycles. The van der Waals surface area contributed by atoms with Crippen LogP contribution in [0.2, 0.25) is 5.02 Å². The van der Waals surface area contributed by atoms with E-state index in [4.69, 9.17) is 22.1 Å². The second-order valence-electron chi connectivity index (χ2n) is 3.50. The molecule has 88 valence electrons. The minimum Gasteiger partial charge on any atom is -0.454 e. The van der Waals surface area contributed by atoms with Crippen LogP contribution >= 0.6 is 11.6 Å². The molecule has 0 aliphatic heterocycles. The highest BCUT2D eigenvalue weighted by molar-refractivity contribution is 6.30. The molecule has 0 aliphatic carbocycles. The topological polar surface area (TPSA) is 35.2 Å². The van der Waals surface area contributed by atoms with Gasteiger partial charge in [-0.1, -0.05) is 29.8 Å². The average molecular weight is 252 g/mol. The molecule has 0 radical (unpaired) electrons. The fourth-order valence-corrected chi connectivity index (χ4v) is 1.55. The molecule has 0 spiro atoms. The zero-order valence-corrected chi connectivity index (χ0v) is 9.75. The monoisotopic (exact) mass is 251 g/mol. The number of hydrogen-bond donors (Lipinski definition) is 1. The van der Waals surface area contributed by atoms with Gasteiger partial charge in [0.1, 0.15) is 5.75 Å². The third-order valence-corrected chi connectivity index (χ3v) is 2.59. The Bertz CT molecular complexity index is 513. The smallest absolute Gasteiger partial charge is 0.184 e. The third-order valence-electron chi connectivity index (χ3n) is 2.30. The minimum atomic E-state index is -0.558. The molecule has 0 heterocycles. The maximum absolute atomic E-state index is 13.6. The molecule has 17 heavy (non-hydrogen) atoms. The first-order valence-electron chi connectivity index (χ1n) is 5.11. The van der Waals surface area contributed by atoms with Crippen molar-refractivity contribution in [2.24, 2.45) is 5.73 Å². The Hall–Kier alpha value is -1.58. The molecule has 2 aromatic carbocycles. The van der Waals surface area contributed by atoms with E-state index < -0.39 is 5.82 Å². The van der Waals surface area contributed by atoms with Crippen molar-refractivity contribution in [1.82, 2.24) is 0 Å². The summed E-state index contributed by atoms with van der Waals surface area (Å²) in [5, 5.41) is 0.0427. The van der Waals surface area contributed by atoms with Crippen LogP contribution in [0.25, 0.3) is 0 Å². The molecule has 0 unspecified atom stereocenters. The van der Waals surface area contributed by atoms with E-state index >= 15 is 0 Å². The Morgan fingerprint density at radius 2 is 1.82 bits per heavy atom. The van der Waals surface area contributed by atoms with E-state index in [2.05, 4.69) is 0 Å². The van der Waals surface area contributed by atoms with Crippen LogP contribution in [0.15, 0.2) is 42.5 Å². The zero-order valence-electron chi connectivity index (χ0n) is 8.99. The summed E-state index contributed by atoms with van der Waals surface area (Å²) < 4.78 is 18.9. The van der Waals surface area contributed by atoms with Gasteiger partial charge >= 0.3 is 0 Å². The first-order valence-corrected chi connectivity index (χ1v) is 5.49. The molecule has 0 aromatic heterocycles. The van der Waals surface area contributed by atoms with Crippen LogP contribution in [0.1, 0.15) is 5.56 Å². The number of benzene rings is 2. The largest absolute Gasteiger partial charge is 0.454 e. The van der Waals surface area contributed by atoms with Crippen molar-refractivity contribution >= 4 is 11.6 Å². The van der Waals surface area contributed by atoms with E-state index in [-0.39, 0.29) is 10.8 Å². The van der Waals surface area contributed by atoms with Crippen molar-refractivity contribution < 1.29 is 9.13 Å². The lowest BCUT2D eigenvalue weighted by atomic mass is 10.2. The SMILES string of the molecule is NCc1ccc(Oc2cccc(Cl)c2F)cc1. The van der Waals surface area contributed by atoms with E-state index in [1.54, 1.807) is 18.2 Å². The van der Waals surface area contributed by atoms with E-state index in [0.29, 0.717) is 12.3 Å². The summed E-state index contributed by atoms with van der Waals surface area (Å²) in [7, 11) is 0. The van der Waals surface area contributed by atoms with Crippen LogP contribution in [-0.2, 0) is 6.54 Å². The summed E-state index contributed by atoms with van der Waals surface area (Å²) in [6.45, 7) is 0.464. The second kappa shape index (κ2) is 5.17. The maximum Gasteiger partial charge on any atom is 0.184 e. The molecule has 2 N–H and O–H groups in total. The molecule has 4 heteroatoms. The predicted octanol–water partition coefficient (Wildman–Crippen LogP) is 3.73. The van der Waals surface area contributed by atoms with Crippen molar-refractivity contribution in [3.63, 3.8) is 0 Å². The van der Waals surface area contributed by atoms with Gasteiger partial charge in [0.05, 0.1) is 5.02 Å². The van der Waals surface area contributed by atoms with Gasteiger partial charge in [-0.2, -0.15) is 0 Å². The standard InChI is InChI=1S/C13H11ClFNO/c14-11-2-1-3-12(13(11)15)17-10-6-4-9(8-16)5-7-10/h1-7H,8,16H2. The Morgan fingerprint density at radius 3 is 2.47 bits per heavy atom. The summed E-state index contributed by atoms with van der Waals surface area (Å²) in [6.07, 6.45) is 0. The van der Waals surface area contributed by atoms with E-state index in [1.165, 1.54) is 12.1 Å². The van der Waals surface area contributed by atoms with Gasteiger partial charge in [0, 0.05) is 6.54 Å². The lowest BCUT2D eigenvalue weighted by Crippen LogP contribution is -1.95. The Kier molecular flexibility index (Phi) is 3.61. The number of nitrogens with two attached hydrogens (primary N) is 1. The molecule has 0 bridgehead atoms. The van der Waals surface area contributed by atoms with Crippen LogP contribution in [0.5, 0.6) is 11.5 Å². The molecule has 0 saturated carbocycles. The highest BCUT2D eigenvalue weighted by Crippen LogP contribution is 2.28. The van der Waals surface area contributed by atoms with Gasteiger partial charge in [-0.25, -0.2) is 4.39 Å². The molecule has 2 aromatic rings. The van der Waals surface area contributed by atoms with Crippen molar-refractivity contribution in [3.05, 3.63) is 58.9 Å². The van der Waals surface area contributed by atoms with Gasteiger partial charge in [-0.3, -0.25) is 0 Å². The number of halogens is 2. The molecule has 0 amide bonds. The number of rotatable bonds is 3. The van der Waals surface area contributed by atoms with Crippen molar-refractivity contribution in [3.8, 4) is 11.5 Å². The lowest BCUT2D eigenvalue weighted by molar-refractivity contribution is 0.442. The van der Waals surface area contributed by atoms with Crippen LogP contribution in [0, 0.1) is 5.82 Å². The highest BCUT2D eigenvalue weighted by atomic mass is 35.5. The summed E-state index contributed by atoms with van der Waals surface area (Å²) in [6, 6.07) is 11.8. The van der Waals surface area contributed by atoms with E-state index in [1.807, 2.05) is 12.1 Å². The van der Waals surface area contributed by atoms with Crippen LogP contribution < -0.4 is 10.5 Å². The number of hydrogen-bond acceptors (Lipinski definition) is 2. The molecular formula is C13H11ClFNO. The fourth-order valence-electron chi connectivity index (χ4n) is 1.38. The van der Waals surface area contributed by atoms with Gasteiger partial charge in [0.15, 0.2) is 11.6 Å². The highest BCUT2D eigenvalue weighted by Gasteiger charge is 2.07. The first kappa shape index (κ1) is 11.9. The summed E-state index contributed by atoms with van der Waals surface area (Å²) in [4.78, 5) is 0. The molecule has 0 fully saturated rings. The molecular weight excluding hydrogens is 241 g/mol. The average Bonchev–Trinajstić information content (AvgIpc) is 2.36. The molecule has 2 nitrogen and oxygen atoms in total. The first-order chi connectivity index (χ1) is 8.20. The van der Waals surface area contributed by atoms with Crippen molar-refractivity contribution in [2.75, 3.05) is 0 Å². The molecule has 0 atom stereocenters. The predicted molar refractivity (Wildman–Crippen MR) is 65.8 cm³/mol. The Balaban J connectivity index is 2.22. The minimum absolute atomic E-state index is 0.0427. The van der Waals surface area contributed by atoms with Crippen LogP contribution in [0.3, 0.4) is 0 Å².